The predicted octanol–water partition coefficient (Wildman–Crippen LogP) is 8.45. The van der Waals surface area contributed by atoms with Gasteiger partial charge in [0.25, 0.3) is 0 Å². The standard InChI is InChI=1S/C37H50O2/c1-4-36(38,31-9-5-24(2)6-10-31)34-20-26-18-30(33(34)19-26)13-14-37(39,32-11-7-25(3)8-12-32)35-21-27-15-28(22-35)17-29(16-27)23-35/h5-12,26-30,33-34,38-39H,4,13-23H2,1-3H3. The Labute approximate surface area is 236 Å². The van der Waals surface area contributed by atoms with Crippen molar-refractivity contribution in [3.05, 3.63) is 70.8 Å². The van der Waals surface area contributed by atoms with Crippen LogP contribution in [-0.4, -0.2) is 10.2 Å². The van der Waals surface area contributed by atoms with E-state index in [1.165, 1.54) is 68.1 Å². The van der Waals surface area contributed by atoms with Crippen LogP contribution in [0.5, 0.6) is 0 Å². The highest BCUT2D eigenvalue weighted by atomic mass is 16.3. The molecule has 6 aliphatic rings. The highest BCUT2D eigenvalue weighted by Crippen LogP contribution is 2.67. The number of hydrogen-bond donors (Lipinski definition) is 2. The Morgan fingerprint density at radius 1 is 0.692 bits per heavy atom. The average molecular weight is 527 g/mol. The molecule has 0 amide bonds. The number of benzene rings is 2. The van der Waals surface area contributed by atoms with E-state index >= 15 is 0 Å². The summed E-state index contributed by atoms with van der Waals surface area (Å²) in [6.45, 7) is 6.46. The summed E-state index contributed by atoms with van der Waals surface area (Å²) in [5, 5.41) is 25.2. The van der Waals surface area contributed by atoms with E-state index in [1.807, 2.05) is 0 Å². The highest BCUT2D eigenvalue weighted by molar-refractivity contribution is 5.31. The van der Waals surface area contributed by atoms with Crippen molar-refractivity contribution in [3.8, 4) is 0 Å². The molecule has 6 unspecified atom stereocenters. The van der Waals surface area contributed by atoms with Crippen LogP contribution in [0.3, 0.4) is 0 Å². The normalized spacial score (nSPS) is 39.6. The molecule has 2 aromatic rings. The summed E-state index contributed by atoms with van der Waals surface area (Å²) in [5.41, 5.74) is 3.40. The summed E-state index contributed by atoms with van der Waals surface area (Å²) >= 11 is 0. The second kappa shape index (κ2) is 9.45. The van der Waals surface area contributed by atoms with E-state index in [2.05, 4.69) is 69.3 Å². The maximum absolute atomic E-state index is 13.0. The topological polar surface area (TPSA) is 40.5 Å². The molecule has 39 heavy (non-hydrogen) atoms. The van der Waals surface area contributed by atoms with E-state index < -0.39 is 11.2 Å². The minimum Gasteiger partial charge on any atom is -0.385 e. The number of fused-ring (bicyclic) bond motifs is 2. The van der Waals surface area contributed by atoms with Gasteiger partial charge in [0.2, 0.25) is 0 Å². The Balaban J connectivity index is 1.16. The van der Waals surface area contributed by atoms with E-state index in [4.69, 9.17) is 0 Å². The molecule has 2 nitrogen and oxygen atoms in total. The van der Waals surface area contributed by atoms with Gasteiger partial charge in [0.1, 0.15) is 0 Å². The fourth-order valence-electron chi connectivity index (χ4n) is 11.5. The molecule has 6 bridgehead atoms. The molecule has 0 saturated heterocycles. The second-order valence-corrected chi connectivity index (χ2v) is 15.2. The van der Waals surface area contributed by atoms with Crippen LogP contribution in [0.15, 0.2) is 48.5 Å². The van der Waals surface area contributed by atoms with Gasteiger partial charge in [-0.25, -0.2) is 0 Å². The molecule has 2 N–H and O–H groups in total. The van der Waals surface area contributed by atoms with E-state index in [-0.39, 0.29) is 5.41 Å². The molecule has 0 aromatic heterocycles. The molecule has 210 valence electrons. The van der Waals surface area contributed by atoms with Crippen molar-refractivity contribution in [3.63, 3.8) is 0 Å². The van der Waals surface area contributed by atoms with E-state index in [9.17, 15) is 10.2 Å². The van der Waals surface area contributed by atoms with Crippen molar-refractivity contribution in [1.82, 2.24) is 0 Å². The Hall–Kier alpha value is -1.64. The van der Waals surface area contributed by atoms with Crippen LogP contribution in [0.25, 0.3) is 0 Å². The van der Waals surface area contributed by atoms with Crippen LogP contribution in [0, 0.1) is 60.7 Å². The van der Waals surface area contributed by atoms with Crippen molar-refractivity contribution in [1.29, 1.82) is 0 Å². The molecule has 0 spiro atoms. The maximum Gasteiger partial charge on any atom is 0.0952 e. The monoisotopic (exact) mass is 526 g/mol. The van der Waals surface area contributed by atoms with E-state index in [1.54, 1.807) is 0 Å². The van der Waals surface area contributed by atoms with Crippen LogP contribution in [0.4, 0.5) is 0 Å². The van der Waals surface area contributed by atoms with E-state index in [0.29, 0.717) is 17.8 Å². The molecule has 8 rings (SSSR count). The maximum atomic E-state index is 13.0. The number of hydrogen-bond acceptors (Lipinski definition) is 2. The third kappa shape index (κ3) is 4.18. The molecular formula is C37H50O2. The molecule has 6 saturated carbocycles. The molecule has 2 aromatic carbocycles. The molecular weight excluding hydrogens is 476 g/mol. The number of aryl methyl sites for hydroxylation is 2. The van der Waals surface area contributed by atoms with Crippen molar-refractivity contribution in [2.45, 2.75) is 109 Å². The molecule has 0 heterocycles. The van der Waals surface area contributed by atoms with Gasteiger partial charge in [0.15, 0.2) is 0 Å². The lowest BCUT2D eigenvalue weighted by Crippen LogP contribution is -2.57. The smallest absolute Gasteiger partial charge is 0.0952 e. The predicted molar refractivity (Wildman–Crippen MR) is 158 cm³/mol. The van der Waals surface area contributed by atoms with Gasteiger partial charge in [0, 0.05) is 5.41 Å². The van der Waals surface area contributed by atoms with Crippen LogP contribution >= 0.6 is 0 Å². The van der Waals surface area contributed by atoms with Crippen LogP contribution in [-0.2, 0) is 11.2 Å². The first kappa shape index (κ1) is 26.3. The number of aliphatic hydroxyl groups is 2. The Kier molecular flexibility index (Phi) is 6.37. The first-order chi connectivity index (χ1) is 18.7. The molecule has 0 aliphatic heterocycles. The van der Waals surface area contributed by atoms with Gasteiger partial charge in [-0.15, -0.1) is 0 Å². The third-order valence-electron chi connectivity index (χ3n) is 13.0. The summed E-state index contributed by atoms with van der Waals surface area (Å²) < 4.78 is 0. The van der Waals surface area contributed by atoms with Gasteiger partial charge in [-0.1, -0.05) is 66.6 Å². The molecule has 6 aliphatic carbocycles. The Morgan fingerprint density at radius 2 is 1.23 bits per heavy atom. The largest absolute Gasteiger partial charge is 0.385 e. The van der Waals surface area contributed by atoms with Gasteiger partial charge in [0.05, 0.1) is 11.2 Å². The molecule has 6 atom stereocenters. The Morgan fingerprint density at radius 3 is 1.74 bits per heavy atom. The zero-order valence-electron chi connectivity index (χ0n) is 24.5. The lowest BCUT2D eigenvalue weighted by Gasteiger charge is -2.62. The fraction of sp³-hybridized carbons (Fsp3) is 0.676. The van der Waals surface area contributed by atoms with E-state index in [0.717, 1.165) is 54.9 Å². The average Bonchev–Trinajstić information content (AvgIpc) is 3.53. The van der Waals surface area contributed by atoms with Crippen molar-refractivity contribution < 1.29 is 10.2 Å². The van der Waals surface area contributed by atoms with Crippen LogP contribution < -0.4 is 0 Å². The quantitative estimate of drug-likeness (QED) is 0.362. The fourth-order valence-corrected chi connectivity index (χ4v) is 11.5. The molecule has 6 fully saturated rings. The molecule has 0 radical (unpaired) electrons. The Bertz CT molecular complexity index is 1150. The van der Waals surface area contributed by atoms with Gasteiger partial charge in [-0.3, -0.25) is 0 Å². The minimum atomic E-state index is -0.737. The summed E-state index contributed by atoms with van der Waals surface area (Å²) in [6, 6.07) is 17.6. The summed E-state index contributed by atoms with van der Waals surface area (Å²) in [7, 11) is 0. The van der Waals surface area contributed by atoms with Crippen molar-refractivity contribution in [2.24, 2.45) is 46.8 Å². The van der Waals surface area contributed by atoms with Gasteiger partial charge < -0.3 is 10.2 Å². The lowest BCUT2D eigenvalue weighted by atomic mass is 9.44. The van der Waals surface area contributed by atoms with Gasteiger partial charge >= 0.3 is 0 Å². The SMILES string of the molecule is CCC(O)(c1ccc(C)cc1)C1CC2CC(CCC(O)(c3ccc(C)cc3)C34CC5CC(CC(C5)C3)C4)C1C2. The minimum absolute atomic E-state index is 0.0556. The zero-order chi connectivity index (χ0) is 27.0. The van der Waals surface area contributed by atoms with Crippen molar-refractivity contribution >= 4 is 0 Å². The molecule has 2 heteroatoms. The van der Waals surface area contributed by atoms with Gasteiger partial charge in [-0.2, -0.15) is 0 Å². The summed E-state index contributed by atoms with van der Waals surface area (Å²) in [5.74, 6) is 4.74. The first-order valence-corrected chi connectivity index (χ1v) is 16.3. The zero-order valence-corrected chi connectivity index (χ0v) is 24.5. The summed E-state index contributed by atoms with van der Waals surface area (Å²) in [6.07, 6.45) is 14.4. The first-order valence-electron chi connectivity index (χ1n) is 16.3. The second-order valence-electron chi connectivity index (χ2n) is 15.2. The van der Waals surface area contributed by atoms with Crippen LogP contribution in [0.1, 0.15) is 106 Å². The third-order valence-corrected chi connectivity index (χ3v) is 13.0. The van der Waals surface area contributed by atoms with Crippen LogP contribution in [0.2, 0.25) is 0 Å². The summed E-state index contributed by atoms with van der Waals surface area (Å²) in [4.78, 5) is 0. The lowest BCUT2D eigenvalue weighted by molar-refractivity contribution is -0.190. The van der Waals surface area contributed by atoms with Gasteiger partial charge in [-0.05, 0) is 143 Å². The highest BCUT2D eigenvalue weighted by Gasteiger charge is 2.61. The number of rotatable bonds is 8. The van der Waals surface area contributed by atoms with Crippen molar-refractivity contribution in [2.75, 3.05) is 0 Å².